The van der Waals surface area contributed by atoms with E-state index in [2.05, 4.69) is 20.7 Å². The lowest BCUT2D eigenvalue weighted by atomic mass is 10.2. The Morgan fingerprint density at radius 3 is 2.67 bits per heavy atom. The molecule has 0 atom stereocenters. The average molecular weight is 357 g/mol. The molecule has 102 valence electrons. The molecule has 0 aliphatic heterocycles. The van der Waals surface area contributed by atoms with Crippen molar-refractivity contribution in [3.05, 3.63) is 28.2 Å². The highest BCUT2D eigenvalue weighted by Gasteiger charge is 2.17. The van der Waals surface area contributed by atoms with Crippen molar-refractivity contribution >= 4 is 37.6 Å². The molecule has 1 aromatic carbocycles. The number of halogens is 2. The van der Waals surface area contributed by atoms with Crippen molar-refractivity contribution in [2.75, 3.05) is 13.2 Å². The van der Waals surface area contributed by atoms with Gasteiger partial charge in [-0.05, 0) is 36.6 Å². The number of nitrogens with one attached hydrogen (secondary N) is 1. The maximum atomic E-state index is 12.0. The molecule has 0 radical (unpaired) electrons. The molecule has 0 aliphatic carbocycles. The number of aliphatic hydroxyl groups excluding tert-OH is 1. The lowest BCUT2D eigenvalue weighted by Crippen LogP contribution is -2.25. The molecule has 0 saturated heterocycles. The summed E-state index contributed by atoms with van der Waals surface area (Å²) in [4.78, 5) is 0.199. The summed E-state index contributed by atoms with van der Waals surface area (Å²) >= 11 is 9.02. The van der Waals surface area contributed by atoms with E-state index < -0.39 is 10.0 Å². The largest absolute Gasteiger partial charge is 0.396 e. The molecular weight excluding hydrogens is 342 g/mol. The Labute approximate surface area is 121 Å². The Kier molecular flexibility index (Phi) is 6.59. The Balaban J connectivity index is 2.84. The maximum Gasteiger partial charge on any atom is 0.240 e. The van der Waals surface area contributed by atoms with E-state index in [1.165, 1.54) is 6.07 Å². The van der Waals surface area contributed by atoms with Gasteiger partial charge < -0.3 is 5.11 Å². The monoisotopic (exact) mass is 355 g/mol. The maximum absolute atomic E-state index is 12.0. The van der Waals surface area contributed by atoms with Crippen molar-refractivity contribution < 1.29 is 13.5 Å². The molecule has 0 saturated carbocycles. The molecule has 0 aliphatic rings. The lowest BCUT2D eigenvalue weighted by molar-refractivity contribution is 0.285. The number of aliphatic hydroxyl groups is 1. The third-order valence-electron chi connectivity index (χ3n) is 2.33. The molecule has 2 N–H and O–H groups in total. The SMILES string of the molecule is O=S(=O)(NCCCCO)c1ccc(Br)cc1CCl. The molecular formula is C11H15BrClNO3S. The summed E-state index contributed by atoms with van der Waals surface area (Å²) in [6.45, 7) is 0.369. The van der Waals surface area contributed by atoms with Crippen LogP contribution in [0.1, 0.15) is 18.4 Å². The summed E-state index contributed by atoms with van der Waals surface area (Å²) in [5.41, 5.74) is 0.556. The van der Waals surface area contributed by atoms with Crippen molar-refractivity contribution in [1.82, 2.24) is 4.72 Å². The van der Waals surface area contributed by atoms with Crippen LogP contribution >= 0.6 is 27.5 Å². The Hall–Kier alpha value is -0.140. The third kappa shape index (κ3) is 4.51. The third-order valence-corrected chi connectivity index (χ3v) is 4.68. The van der Waals surface area contributed by atoms with Crippen molar-refractivity contribution in [1.29, 1.82) is 0 Å². The summed E-state index contributed by atoms with van der Waals surface area (Å²) in [6, 6.07) is 4.88. The molecule has 0 aromatic heterocycles. The van der Waals surface area contributed by atoms with Crippen molar-refractivity contribution in [3.63, 3.8) is 0 Å². The predicted molar refractivity (Wildman–Crippen MR) is 75.2 cm³/mol. The van der Waals surface area contributed by atoms with E-state index in [-0.39, 0.29) is 17.4 Å². The summed E-state index contributed by atoms with van der Waals surface area (Å²) in [5.74, 6) is 0.131. The number of alkyl halides is 1. The first-order chi connectivity index (χ1) is 8.51. The quantitative estimate of drug-likeness (QED) is 0.581. The van der Waals surface area contributed by atoms with Crippen molar-refractivity contribution in [2.45, 2.75) is 23.6 Å². The van der Waals surface area contributed by atoms with Crippen molar-refractivity contribution in [3.8, 4) is 0 Å². The van der Waals surface area contributed by atoms with Gasteiger partial charge in [0.2, 0.25) is 10.0 Å². The van der Waals surface area contributed by atoms with Crippen LogP contribution in [0.3, 0.4) is 0 Å². The molecule has 0 spiro atoms. The van der Waals surface area contributed by atoms with Crippen LogP contribution in [0.25, 0.3) is 0 Å². The van der Waals surface area contributed by atoms with Gasteiger partial charge in [0.1, 0.15) is 0 Å². The molecule has 0 unspecified atom stereocenters. The van der Waals surface area contributed by atoms with E-state index in [9.17, 15) is 8.42 Å². The summed E-state index contributed by atoms with van der Waals surface area (Å²) < 4.78 is 27.4. The topological polar surface area (TPSA) is 66.4 Å². The van der Waals surface area contributed by atoms with Gasteiger partial charge in [-0.1, -0.05) is 15.9 Å². The molecule has 0 heterocycles. The minimum absolute atomic E-state index is 0.0624. The summed E-state index contributed by atoms with van der Waals surface area (Å²) in [7, 11) is -3.54. The minimum Gasteiger partial charge on any atom is -0.396 e. The van der Waals surface area contributed by atoms with Crippen LogP contribution in [0.5, 0.6) is 0 Å². The van der Waals surface area contributed by atoms with E-state index >= 15 is 0 Å². The fourth-order valence-electron chi connectivity index (χ4n) is 1.44. The first-order valence-corrected chi connectivity index (χ1v) is 8.27. The second-order valence-electron chi connectivity index (χ2n) is 3.71. The molecule has 0 fully saturated rings. The normalized spacial score (nSPS) is 11.7. The Morgan fingerprint density at radius 1 is 1.33 bits per heavy atom. The first kappa shape index (κ1) is 15.9. The van der Waals surface area contributed by atoms with Gasteiger partial charge in [-0.25, -0.2) is 13.1 Å². The highest BCUT2D eigenvalue weighted by molar-refractivity contribution is 9.10. The number of sulfonamides is 1. The van der Waals surface area contributed by atoms with Crippen LogP contribution < -0.4 is 4.72 Å². The highest BCUT2D eigenvalue weighted by Crippen LogP contribution is 2.22. The summed E-state index contributed by atoms with van der Waals surface area (Å²) in [6.07, 6.45) is 1.17. The molecule has 0 amide bonds. The van der Waals surface area contributed by atoms with E-state index in [0.717, 1.165) is 4.47 Å². The number of benzene rings is 1. The average Bonchev–Trinajstić information content (AvgIpc) is 2.34. The fourth-order valence-corrected chi connectivity index (χ4v) is 3.44. The molecule has 4 nitrogen and oxygen atoms in total. The smallest absolute Gasteiger partial charge is 0.240 e. The van der Waals surface area contributed by atoms with Crippen LogP contribution in [-0.2, 0) is 15.9 Å². The fraction of sp³-hybridized carbons (Fsp3) is 0.455. The highest BCUT2D eigenvalue weighted by atomic mass is 79.9. The minimum atomic E-state index is -3.54. The zero-order valence-corrected chi connectivity index (χ0v) is 12.9. The van der Waals surface area contributed by atoms with Crippen LogP contribution in [-0.4, -0.2) is 26.7 Å². The van der Waals surface area contributed by atoms with Gasteiger partial charge in [-0.3, -0.25) is 0 Å². The zero-order chi connectivity index (χ0) is 13.6. The number of unbranched alkanes of at least 4 members (excludes halogenated alkanes) is 1. The van der Waals surface area contributed by atoms with Gasteiger partial charge in [0.15, 0.2) is 0 Å². The van der Waals surface area contributed by atoms with Gasteiger partial charge in [-0.2, -0.15) is 0 Å². The second-order valence-corrected chi connectivity index (χ2v) is 6.63. The predicted octanol–water partition coefficient (Wildman–Crippen LogP) is 2.24. The molecule has 1 aromatic rings. The van der Waals surface area contributed by atoms with Crippen LogP contribution in [0.2, 0.25) is 0 Å². The van der Waals surface area contributed by atoms with Gasteiger partial charge in [0.25, 0.3) is 0 Å². The molecule has 1 rings (SSSR count). The molecule has 0 bridgehead atoms. The number of hydrogen-bond donors (Lipinski definition) is 2. The second kappa shape index (κ2) is 7.45. The van der Waals surface area contributed by atoms with Gasteiger partial charge >= 0.3 is 0 Å². The van der Waals surface area contributed by atoms with Gasteiger partial charge in [0, 0.05) is 23.5 Å². The molecule has 7 heteroatoms. The van der Waals surface area contributed by atoms with E-state index in [0.29, 0.717) is 24.9 Å². The van der Waals surface area contributed by atoms with Gasteiger partial charge in [0.05, 0.1) is 4.90 Å². The van der Waals surface area contributed by atoms with Crippen LogP contribution in [0, 0.1) is 0 Å². The van der Waals surface area contributed by atoms with Crippen LogP contribution in [0.15, 0.2) is 27.6 Å². The Morgan fingerprint density at radius 2 is 2.06 bits per heavy atom. The number of rotatable bonds is 7. The molecule has 18 heavy (non-hydrogen) atoms. The van der Waals surface area contributed by atoms with Crippen LogP contribution in [0.4, 0.5) is 0 Å². The van der Waals surface area contributed by atoms with E-state index in [1.807, 2.05) is 0 Å². The summed E-state index contributed by atoms with van der Waals surface area (Å²) in [5, 5.41) is 8.63. The standard InChI is InChI=1S/C11H15BrClNO3S/c12-10-3-4-11(9(7-10)8-13)18(16,17)14-5-1-2-6-15/h3-4,7,14-15H,1-2,5-6,8H2. The number of hydrogen-bond acceptors (Lipinski definition) is 3. The zero-order valence-electron chi connectivity index (χ0n) is 9.70. The van der Waals surface area contributed by atoms with Crippen molar-refractivity contribution in [2.24, 2.45) is 0 Å². The Bertz CT molecular complexity index is 493. The van der Waals surface area contributed by atoms with E-state index in [4.69, 9.17) is 16.7 Å². The van der Waals surface area contributed by atoms with Gasteiger partial charge in [-0.15, -0.1) is 11.6 Å². The first-order valence-electron chi connectivity index (χ1n) is 5.46. The lowest BCUT2D eigenvalue weighted by Gasteiger charge is -2.10. The van der Waals surface area contributed by atoms with E-state index in [1.54, 1.807) is 12.1 Å².